The molecule has 4 unspecified atom stereocenters. The number of hydrogen-bond donors (Lipinski definition) is 1. The third-order valence-corrected chi connectivity index (χ3v) is 5.41. The second-order valence-electron chi connectivity index (χ2n) is 7.10. The summed E-state index contributed by atoms with van der Waals surface area (Å²) in [6.45, 7) is 7.46. The van der Waals surface area contributed by atoms with E-state index in [1.165, 1.54) is 32.1 Å². The number of aliphatic hydroxyl groups excluding tert-OH is 1. The molecular weight excluding hydrogens is 224 g/mol. The van der Waals surface area contributed by atoms with Gasteiger partial charge in [-0.25, -0.2) is 0 Å². The third-order valence-electron chi connectivity index (χ3n) is 5.41. The van der Waals surface area contributed by atoms with E-state index in [2.05, 4.69) is 20.8 Å². The number of ether oxygens (including phenoxy) is 1. The molecule has 2 rings (SSSR count). The van der Waals surface area contributed by atoms with E-state index in [1.807, 2.05) is 0 Å². The van der Waals surface area contributed by atoms with E-state index in [9.17, 15) is 5.11 Å². The van der Waals surface area contributed by atoms with Gasteiger partial charge in [0.05, 0.1) is 18.3 Å². The highest BCUT2D eigenvalue weighted by Crippen LogP contribution is 2.57. The van der Waals surface area contributed by atoms with Gasteiger partial charge >= 0.3 is 0 Å². The molecule has 0 spiro atoms. The molecule has 0 aromatic rings. The molecule has 18 heavy (non-hydrogen) atoms. The summed E-state index contributed by atoms with van der Waals surface area (Å²) < 4.78 is 6.25. The van der Waals surface area contributed by atoms with E-state index in [0.717, 1.165) is 19.3 Å². The molecule has 1 N–H and O–H groups in total. The van der Waals surface area contributed by atoms with Crippen LogP contribution in [-0.2, 0) is 4.74 Å². The van der Waals surface area contributed by atoms with Crippen LogP contribution in [0.3, 0.4) is 0 Å². The second kappa shape index (κ2) is 5.50. The van der Waals surface area contributed by atoms with Crippen molar-refractivity contribution in [3.8, 4) is 0 Å². The molecule has 0 aliphatic heterocycles. The van der Waals surface area contributed by atoms with Crippen LogP contribution in [0.5, 0.6) is 0 Å². The minimum atomic E-state index is -0.264. The Balaban J connectivity index is 1.87. The molecule has 0 amide bonds. The van der Waals surface area contributed by atoms with Crippen LogP contribution < -0.4 is 0 Å². The van der Waals surface area contributed by atoms with Gasteiger partial charge in [0.1, 0.15) is 0 Å². The van der Waals surface area contributed by atoms with Gasteiger partial charge < -0.3 is 9.84 Å². The Morgan fingerprint density at radius 1 is 1.33 bits per heavy atom. The van der Waals surface area contributed by atoms with Crippen molar-refractivity contribution in [3.63, 3.8) is 0 Å². The summed E-state index contributed by atoms with van der Waals surface area (Å²) in [6.07, 6.45) is 9.24. The van der Waals surface area contributed by atoms with Crippen molar-refractivity contribution in [2.75, 3.05) is 6.61 Å². The fourth-order valence-corrected chi connectivity index (χ4v) is 3.93. The molecule has 2 saturated carbocycles. The van der Waals surface area contributed by atoms with Crippen molar-refractivity contribution in [2.45, 2.75) is 83.8 Å². The Morgan fingerprint density at radius 2 is 2.11 bits per heavy atom. The Labute approximate surface area is 112 Å². The minimum Gasteiger partial charge on any atom is -0.391 e. The van der Waals surface area contributed by atoms with E-state index >= 15 is 0 Å². The zero-order valence-electron chi connectivity index (χ0n) is 12.4. The maximum Gasteiger partial charge on any atom is 0.0774 e. The van der Waals surface area contributed by atoms with E-state index in [0.29, 0.717) is 17.9 Å². The van der Waals surface area contributed by atoms with Gasteiger partial charge in [0.15, 0.2) is 0 Å². The van der Waals surface area contributed by atoms with Gasteiger partial charge in [0.2, 0.25) is 0 Å². The minimum absolute atomic E-state index is 0.0835. The summed E-state index contributed by atoms with van der Waals surface area (Å²) in [7, 11) is 0. The Kier molecular flexibility index (Phi) is 4.38. The van der Waals surface area contributed by atoms with Crippen molar-refractivity contribution < 1.29 is 9.84 Å². The lowest BCUT2D eigenvalue weighted by Gasteiger charge is -2.43. The maximum atomic E-state index is 9.96. The number of hydrogen-bond acceptors (Lipinski definition) is 2. The van der Waals surface area contributed by atoms with Crippen LogP contribution >= 0.6 is 0 Å². The van der Waals surface area contributed by atoms with Crippen molar-refractivity contribution in [1.29, 1.82) is 0 Å². The predicted molar refractivity (Wildman–Crippen MR) is 74.6 cm³/mol. The maximum absolute atomic E-state index is 9.96. The average Bonchev–Trinajstić information content (AvgIpc) is 2.65. The molecule has 0 radical (unpaired) electrons. The first-order valence-electron chi connectivity index (χ1n) is 7.82. The van der Waals surface area contributed by atoms with Gasteiger partial charge in [-0.1, -0.05) is 33.6 Å². The molecule has 2 aliphatic carbocycles. The van der Waals surface area contributed by atoms with E-state index in [1.54, 1.807) is 0 Å². The standard InChI is InChI=1S/C16H30O2/c1-4-5-6-14(17)11-18-16-10-9-15(3,12-16)8-7-13(16)2/h13-14,17H,4-12H2,1-3H3. The SMILES string of the molecule is CCCCC(O)COC12CCC(C)(CCC1C)C2. The van der Waals surface area contributed by atoms with Crippen LogP contribution in [0, 0.1) is 11.3 Å². The van der Waals surface area contributed by atoms with Gasteiger partial charge in [-0.15, -0.1) is 0 Å². The van der Waals surface area contributed by atoms with Crippen molar-refractivity contribution in [1.82, 2.24) is 0 Å². The molecule has 0 saturated heterocycles. The average molecular weight is 254 g/mol. The first kappa shape index (κ1) is 14.3. The highest BCUT2D eigenvalue weighted by molar-refractivity contribution is 5.04. The molecule has 0 aromatic heterocycles. The molecule has 2 bridgehead atoms. The molecule has 0 heterocycles. The smallest absolute Gasteiger partial charge is 0.0774 e. The van der Waals surface area contributed by atoms with Gasteiger partial charge in [-0.2, -0.15) is 0 Å². The Hall–Kier alpha value is -0.0800. The Bertz CT molecular complexity index is 278. The first-order valence-corrected chi connectivity index (χ1v) is 7.82. The van der Waals surface area contributed by atoms with E-state index in [-0.39, 0.29) is 11.7 Å². The number of rotatable bonds is 6. The summed E-state index contributed by atoms with van der Waals surface area (Å²) in [4.78, 5) is 0. The largest absolute Gasteiger partial charge is 0.391 e. The number of unbranched alkanes of at least 4 members (excludes halogenated alkanes) is 1. The molecule has 106 valence electrons. The predicted octanol–water partition coefficient (Wildman–Crippen LogP) is 3.91. The normalized spacial score (nSPS) is 41.0. The van der Waals surface area contributed by atoms with Crippen LogP contribution in [0.4, 0.5) is 0 Å². The van der Waals surface area contributed by atoms with Gasteiger partial charge in [-0.3, -0.25) is 0 Å². The summed E-state index contributed by atoms with van der Waals surface area (Å²) in [5, 5.41) is 9.96. The molecule has 2 nitrogen and oxygen atoms in total. The van der Waals surface area contributed by atoms with Gasteiger partial charge in [0, 0.05) is 0 Å². The molecule has 0 aromatic carbocycles. The van der Waals surface area contributed by atoms with Crippen LogP contribution in [0.15, 0.2) is 0 Å². The third kappa shape index (κ3) is 2.91. The lowest BCUT2D eigenvalue weighted by molar-refractivity contribution is -0.125. The van der Waals surface area contributed by atoms with Crippen molar-refractivity contribution >= 4 is 0 Å². The van der Waals surface area contributed by atoms with Gasteiger partial charge in [0.25, 0.3) is 0 Å². The summed E-state index contributed by atoms with van der Waals surface area (Å²) in [6, 6.07) is 0. The van der Waals surface area contributed by atoms with Crippen LogP contribution in [-0.4, -0.2) is 23.4 Å². The lowest BCUT2D eigenvalue weighted by atomic mass is 9.70. The summed E-state index contributed by atoms with van der Waals surface area (Å²) in [5.74, 6) is 0.659. The zero-order chi connectivity index (χ0) is 13.2. The summed E-state index contributed by atoms with van der Waals surface area (Å²) in [5.41, 5.74) is 0.598. The first-order chi connectivity index (χ1) is 8.50. The fourth-order valence-electron chi connectivity index (χ4n) is 3.93. The van der Waals surface area contributed by atoms with Crippen molar-refractivity contribution in [2.24, 2.45) is 11.3 Å². The van der Waals surface area contributed by atoms with Crippen LogP contribution in [0.25, 0.3) is 0 Å². The van der Waals surface area contributed by atoms with E-state index < -0.39 is 0 Å². The molecule has 2 heteroatoms. The van der Waals surface area contributed by atoms with Gasteiger partial charge in [-0.05, 0) is 49.9 Å². The van der Waals surface area contributed by atoms with Crippen molar-refractivity contribution in [3.05, 3.63) is 0 Å². The van der Waals surface area contributed by atoms with Crippen LogP contribution in [0.2, 0.25) is 0 Å². The monoisotopic (exact) mass is 254 g/mol. The highest BCUT2D eigenvalue weighted by Gasteiger charge is 2.52. The lowest BCUT2D eigenvalue weighted by Crippen LogP contribution is -2.43. The molecule has 2 aliphatic rings. The van der Waals surface area contributed by atoms with E-state index in [4.69, 9.17) is 4.74 Å². The molecule has 2 fully saturated rings. The Morgan fingerprint density at radius 3 is 2.83 bits per heavy atom. The topological polar surface area (TPSA) is 29.5 Å². The summed E-state index contributed by atoms with van der Waals surface area (Å²) >= 11 is 0. The zero-order valence-corrected chi connectivity index (χ0v) is 12.4. The number of fused-ring (bicyclic) bond motifs is 2. The highest BCUT2D eigenvalue weighted by atomic mass is 16.5. The second-order valence-corrected chi connectivity index (χ2v) is 7.10. The fraction of sp³-hybridized carbons (Fsp3) is 1.00. The number of aliphatic hydroxyl groups is 1. The van der Waals surface area contributed by atoms with Crippen LogP contribution in [0.1, 0.15) is 72.1 Å². The molecule has 4 atom stereocenters. The molecular formula is C16H30O2. The quantitative estimate of drug-likeness (QED) is 0.778.